The number of aliphatic hydroxyl groups is 1. The van der Waals surface area contributed by atoms with Crippen molar-refractivity contribution in [1.29, 1.82) is 0 Å². The van der Waals surface area contributed by atoms with Crippen LogP contribution in [0.1, 0.15) is 25.6 Å². The van der Waals surface area contributed by atoms with E-state index >= 15 is 0 Å². The molecule has 0 radical (unpaired) electrons. The van der Waals surface area contributed by atoms with Gasteiger partial charge in [-0.2, -0.15) is 0 Å². The molecule has 1 aromatic carbocycles. The Labute approximate surface area is 110 Å². The Morgan fingerprint density at radius 3 is 2.83 bits per heavy atom. The maximum absolute atomic E-state index is 13.2. The van der Waals surface area contributed by atoms with Gasteiger partial charge in [0.2, 0.25) is 0 Å². The first-order valence-electron chi connectivity index (χ1n) is 5.78. The van der Waals surface area contributed by atoms with Crippen LogP contribution in [0.25, 0.3) is 0 Å². The van der Waals surface area contributed by atoms with Crippen LogP contribution in [0, 0.1) is 5.82 Å². The van der Waals surface area contributed by atoms with Crippen LogP contribution in [0.5, 0.6) is 0 Å². The van der Waals surface area contributed by atoms with Crippen molar-refractivity contribution in [3.05, 3.63) is 41.2 Å². The van der Waals surface area contributed by atoms with Gasteiger partial charge in [-0.25, -0.2) is 9.37 Å². The quantitative estimate of drug-likeness (QED) is 0.920. The number of rotatable bonds is 4. The minimum absolute atomic E-state index is 0.266. The lowest BCUT2D eigenvalue weighted by molar-refractivity contribution is 0.195. The molecule has 5 heteroatoms. The number of benzene rings is 1. The molecule has 1 N–H and O–H groups in total. The maximum Gasteiger partial charge on any atom is 0.190 e. The molecule has 0 amide bonds. The summed E-state index contributed by atoms with van der Waals surface area (Å²) < 4.78 is 13.2. The molecule has 0 fully saturated rings. The molecule has 1 unspecified atom stereocenters. The lowest BCUT2D eigenvalue weighted by atomic mass is 10.3. The number of anilines is 2. The fourth-order valence-corrected chi connectivity index (χ4v) is 2.66. The molecule has 2 aromatic rings. The Morgan fingerprint density at radius 2 is 2.28 bits per heavy atom. The van der Waals surface area contributed by atoms with Gasteiger partial charge in [0.05, 0.1) is 11.8 Å². The van der Waals surface area contributed by atoms with Gasteiger partial charge in [0, 0.05) is 17.6 Å². The summed E-state index contributed by atoms with van der Waals surface area (Å²) in [7, 11) is 0. The van der Waals surface area contributed by atoms with E-state index in [1.165, 1.54) is 23.5 Å². The van der Waals surface area contributed by atoms with E-state index in [4.69, 9.17) is 0 Å². The van der Waals surface area contributed by atoms with Gasteiger partial charge in [-0.3, -0.25) is 0 Å². The van der Waals surface area contributed by atoms with Crippen LogP contribution < -0.4 is 4.90 Å². The average molecular weight is 266 g/mol. The summed E-state index contributed by atoms with van der Waals surface area (Å²) in [6.07, 6.45) is -0.582. The van der Waals surface area contributed by atoms with E-state index in [-0.39, 0.29) is 5.82 Å². The van der Waals surface area contributed by atoms with Crippen molar-refractivity contribution in [3.8, 4) is 0 Å². The van der Waals surface area contributed by atoms with Crippen LogP contribution in [0.3, 0.4) is 0 Å². The highest BCUT2D eigenvalue weighted by Gasteiger charge is 2.14. The third-order valence-corrected chi connectivity index (χ3v) is 3.49. The molecular formula is C13H15FN2OS. The molecule has 1 atom stereocenters. The molecule has 3 nitrogen and oxygen atoms in total. The number of nitrogens with zero attached hydrogens (tertiary/aromatic N) is 2. The van der Waals surface area contributed by atoms with Gasteiger partial charge in [0.15, 0.2) is 5.13 Å². The number of hydrogen-bond acceptors (Lipinski definition) is 4. The highest BCUT2D eigenvalue weighted by Crippen LogP contribution is 2.30. The van der Waals surface area contributed by atoms with Gasteiger partial charge in [0.1, 0.15) is 5.82 Å². The zero-order valence-corrected chi connectivity index (χ0v) is 11.1. The zero-order valence-electron chi connectivity index (χ0n) is 10.3. The summed E-state index contributed by atoms with van der Waals surface area (Å²) in [6, 6.07) is 6.42. The summed E-state index contributed by atoms with van der Waals surface area (Å²) in [4.78, 5) is 6.28. The number of thiazole rings is 1. The number of halogens is 1. The molecule has 2 rings (SSSR count). The first kappa shape index (κ1) is 13.0. The Kier molecular flexibility index (Phi) is 3.93. The van der Waals surface area contributed by atoms with Crippen LogP contribution in [0.2, 0.25) is 0 Å². The van der Waals surface area contributed by atoms with Gasteiger partial charge in [-0.1, -0.05) is 6.07 Å². The minimum atomic E-state index is -0.582. The number of aromatic nitrogens is 1. The third kappa shape index (κ3) is 2.68. The van der Waals surface area contributed by atoms with Crippen molar-refractivity contribution in [1.82, 2.24) is 4.98 Å². The molecule has 0 aliphatic carbocycles. The standard InChI is InChI=1S/C13H15FN2OS/c1-3-16(11-6-4-5-10(14)7-11)13-15-12(8-18-13)9(2)17/h4-9,17H,3H2,1-2H3. The predicted molar refractivity (Wildman–Crippen MR) is 71.8 cm³/mol. The fraction of sp³-hybridized carbons (Fsp3) is 0.308. The molecule has 96 valence electrons. The molecule has 0 saturated carbocycles. The molecule has 0 saturated heterocycles. The minimum Gasteiger partial charge on any atom is -0.387 e. The average Bonchev–Trinajstić information content (AvgIpc) is 2.80. The molecule has 1 heterocycles. The van der Waals surface area contributed by atoms with Gasteiger partial charge >= 0.3 is 0 Å². The van der Waals surface area contributed by atoms with E-state index in [1.807, 2.05) is 23.3 Å². The van der Waals surface area contributed by atoms with Crippen molar-refractivity contribution in [2.45, 2.75) is 20.0 Å². The fourth-order valence-electron chi connectivity index (χ4n) is 1.66. The second kappa shape index (κ2) is 5.46. The molecule has 18 heavy (non-hydrogen) atoms. The Morgan fingerprint density at radius 1 is 1.50 bits per heavy atom. The van der Waals surface area contributed by atoms with E-state index in [1.54, 1.807) is 13.0 Å². The molecule has 1 aromatic heterocycles. The van der Waals surface area contributed by atoms with Crippen molar-refractivity contribution >= 4 is 22.2 Å². The molecule has 0 aliphatic heterocycles. The van der Waals surface area contributed by atoms with E-state index < -0.39 is 6.10 Å². The van der Waals surface area contributed by atoms with Crippen molar-refractivity contribution in [3.63, 3.8) is 0 Å². The summed E-state index contributed by atoms with van der Waals surface area (Å²) in [6.45, 7) is 4.35. The third-order valence-electron chi connectivity index (χ3n) is 2.60. The summed E-state index contributed by atoms with van der Waals surface area (Å²) >= 11 is 1.44. The zero-order chi connectivity index (χ0) is 13.1. The summed E-state index contributed by atoms with van der Waals surface area (Å²) in [5.74, 6) is -0.266. The Bertz CT molecular complexity index is 527. The van der Waals surface area contributed by atoms with Crippen molar-refractivity contribution < 1.29 is 9.50 Å². The number of aliphatic hydroxyl groups excluding tert-OH is 1. The molecule has 0 bridgehead atoms. The Balaban J connectivity index is 2.33. The van der Waals surface area contributed by atoms with Crippen LogP contribution in [-0.4, -0.2) is 16.6 Å². The largest absolute Gasteiger partial charge is 0.387 e. The highest BCUT2D eigenvalue weighted by molar-refractivity contribution is 7.13. The summed E-state index contributed by atoms with van der Waals surface area (Å²) in [5, 5.41) is 12.1. The number of hydrogen-bond donors (Lipinski definition) is 1. The molecule has 0 aliphatic rings. The van der Waals surface area contributed by atoms with Crippen molar-refractivity contribution in [2.75, 3.05) is 11.4 Å². The first-order valence-corrected chi connectivity index (χ1v) is 6.66. The predicted octanol–water partition coefficient (Wildman–Crippen LogP) is 3.49. The Hall–Kier alpha value is -1.46. The van der Waals surface area contributed by atoms with Gasteiger partial charge in [-0.15, -0.1) is 11.3 Å². The monoisotopic (exact) mass is 266 g/mol. The van der Waals surface area contributed by atoms with Crippen LogP contribution in [-0.2, 0) is 0 Å². The van der Waals surface area contributed by atoms with E-state index in [0.29, 0.717) is 12.2 Å². The van der Waals surface area contributed by atoms with Gasteiger partial charge < -0.3 is 10.0 Å². The van der Waals surface area contributed by atoms with Crippen LogP contribution >= 0.6 is 11.3 Å². The SMILES string of the molecule is CCN(c1cccc(F)c1)c1nc(C(C)O)cs1. The lowest BCUT2D eigenvalue weighted by Crippen LogP contribution is -2.16. The topological polar surface area (TPSA) is 36.4 Å². The first-order chi connectivity index (χ1) is 8.61. The summed E-state index contributed by atoms with van der Waals surface area (Å²) in [5.41, 5.74) is 1.41. The second-order valence-electron chi connectivity index (χ2n) is 3.96. The van der Waals surface area contributed by atoms with Crippen molar-refractivity contribution in [2.24, 2.45) is 0 Å². The smallest absolute Gasteiger partial charge is 0.190 e. The van der Waals surface area contributed by atoms with Gasteiger partial charge in [0.25, 0.3) is 0 Å². The highest BCUT2D eigenvalue weighted by atomic mass is 32.1. The van der Waals surface area contributed by atoms with Crippen LogP contribution in [0.4, 0.5) is 15.2 Å². The van der Waals surface area contributed by atoms with E-state index in [2.05, 4.69) is 4.98 Å². The lowest BCUT2D eigenvalue weighted by Gasteiger charge is -2.19. The maximum atomic E-state index is 13.2. The molecule has 0 spiro atoms. The van der Waals surface area contributed by atoms with E-state index in [0.717, 1.165) is 10.8 Å². The molecular weight excluding hydrogens is 251 g/mol. The second-order valence-corrected chi connectivity index (χ2v) is 4.79. The normalized spacial score (nSPS) is 12.4. The van der Waals surface area contributed by atoms with Crippen LogP contribution in [0.15, 0.2) is 29.6 Å². The van der Waals surface area contributed by atoms with E-state index in [9.17, 15) is 9.50 Å². The van der Waals surface area contributed by atoms with Gasteiger partial charge in [-0.05, 0) is 32.0 Å².